The number of anilines is 2. The van der Waals surface area contributed by atoms with E-state index in [0.29, 0.717) is 24.0 Å². The standard InChI is InChI=1S/C37H38F3N7/c1-24-17-35(41-20-24)44-34-7-6-15-47-31(21-42-36(34)47)13-11-27-18-28(9-8-25(27)2)26(3)43-30-12-10-29(33(19-30)37(38,39)40)22-46-16-14-32(23-46)45(4)5/h6-10,12,15,17-19,21,32,43H,3,14,16,20,22-23H2,1-2,4-5H3,(H,41,44). The second-order valence-electron chi connectivity index (χ2n) is 12.5. The highest BCUT2D eigenvalue weighted by Crippen LogP contribution is 2.35. The Balaban J connectivity index is 1.19. The Kier molecular flexibility index (Phi) is 8.95. The molecule has 2 N–H and O–H groups in total. The second kappa shape index (κ2) is 13.1. The molecule has 2 aromatic heterocycles. The molecular weight excluding hydrogens is 599 g/mol. The Hall–Kier alpha value is -4.85. The number of pyridine rings is 1. The fraction of sp³-hybridized carbons (Fsp3) is 0.297. The molecule has 2 aliphatic rings. The zero-order valence-electron chi connectivity index (χ0n) is 27.0. The lowest BCUT2D eigenvalue weighted by molar-refractivity contribution is -0.138. The van der Waals surface area contributed by atoms with Crippen LogP contribution in [0.4, 0.5) is 24.5 Å². The summed E-state index contributed by atoms with van der Waals surface area (Å²) >= 11 is 0. The van der Waals surface area contributed by atoms with Crippen LogP contribution in [0.15, 0.2) is 84.1 Å². The number of likely N-dealkylation sites (tertiary alicyclic amines) is 1. The number of amidine groups is 1. The number of aryl methyl sites for hydroxylation is 1. The molecule has 1 fully saturated rings. The van der Waals surface area contributed by atoms with E-state index >= 15 is 0 Å². The van der Waals surface area contributed by atoms with Crippen molar-refractivity contribution < 1.29 is 13.2 Å². The third kappa shape index (κ3) is 7.27. The van der Waals surface area contributed by atoms with Crippen LogP contribution in [-0.4, -0.2) is 64.8 Å². The van der Waals surface area contributed by atoms with E-state index in [2.05, 4.69) is 48.8 Å². The normalized spacial score (nSPS) is 16.6. The number of likely N-dealkylation sites (N-methyl/N-ethyl adjacent to an activating group) is 1. The SMILES string of the molecule is C=C(Nc1ccc(CN2CCC(N(C)C)C2)c(C(F)(F)F)c1)c1ccc(C)c(C#Cc2cnc3c(NC4=NCC(C)=C4)cccn23)c1. The average Bonchev–Trinajstić information content (AvgIpc) is 3.77. The van der Waals surface area contributed by atoms with Crippen molar-refractivity contribution in [2.75, 3.05) is 44.4 Å². The van der Waals surface area contributed by atoms with Gasteiger partial charge in [0.05, 0.1) is 24.0 Å². The van der Waals surface area contributed by atoms with E-state index in [4.69, 9.17) is 0 Å². The molecule has 0 amide bonds. The minimum Gasteiger partial charge on any atom is -0.356 e. The van der Waals surface area contributed by atoms with E-state index in [1.807, 2.05) is 74.9 Å². The third-order valence-corrected chi connectivity index (χ3v) is 8.67. The summed E-state index contributed by atoms with van der Waals surface area (Å²) in [5, 5.41) is 6.44. The smallest absolute Gasteiger partial charge is 0.356 e. The lowest BCUT2D eigenvalue weighted by Crippen LogP contribution is -2.31. The highest BCUT2D eigenvalue weighted by atomic mass is 19.4. The van der Waals surface area contributed by atoms with Gasteiger partial charge in [-0.3, -0.25) is 14.3 Å². The van der Waals surface area contributed by atoms with Crippen LogP contribution in [0.3, 0.4) is 0 Å². The molecule has 1 unspecified atom stereocenters. The molecule has 6 rings (SSSR count). The fourth-order valence-corrected chi connectivity index (χ4v) is 5.95. The predicted octanol–water partition coefficient (Wildman–Crippen LogP) is 7.05. The monoisotopic (exact) mass is 637 g/mol. The maximum Gasteiger partial charge on any atom is 0.416 e. The number of hydrogen-bond donors (Lipinski definition) is 2. The third-order valence-electron chi connectivity index (χ3n) is 8.67. The number of halogens is 3. The summed E-state index contributed by atoms with van der Waals surface area (Å²) in [5.41, 5.74) is 6.42. The summed E-state index contributed by atoms with van der Waals surface area (Å²) in [4.78, 5) is 13.3. The number of alkyl halides is 3. The van der Waals surface area contributed by atoms with Gasteiger partial charge in [-0.15, -0.1) is 0 Å². The lowest BCUT2D eigenvalue weighted by atomic mass is 10.0. The van der Waals surface area contributed by atoms with E-state index in [9.17, 15) is 13.2 Å². The van der Waals surface area contributed by atoms with Crippen molar-refractivity contribution in [3.8, 4) is 11.8 Å². The average molecular weight is 638 g/mol. The van der Waals surface area contributed by atoms with E-state index < -0.39 is 11.7 Å². The molecule has 0 bridgehead atoms. The van der Waals surface area contributed by atoms with Gasteiger partial charge in [0, 0.05) is 48.8 Å². The Morgan fingerprint density at radius 1 is 1.11 bits per heavy atom. The number of aliphatic imine (C=N–C) groups is 1. The van der Waals surface area contributed by atoms with Crippen LogP contribution in [0.1, 0.15) is 46.9 Å². The summed E-state index contributed by atoms with van der Waals surface area (Å²) in [6, 6.07) is 14.4. The van der Waals surface area contributed by atoms with Crippen LogP contribution < -0.4 is 10.6 Å². The number of rotatable bonds is 7. The molecule has 242 valence electrons. The summed E-state index contributed by atoms with van der Waals surface area (Å²) in [5.74, 6) is 7.30. The molecule has 0 spiro atoms. The number of nitrogens with zero attached hydrogens (tertiary/aromatic N) is 5. The Labute approximate surface area is 273 Å². The molecule has 2 aromatic carbocycles. The van der Waals surface area contributed by atoms with Gasteiger partial charge in [0.25, 0.3) is 0 Å². The topological polar surface area (TPSA) is 60.2 Å². The predicted molar refractivity (Wildman–Crippen MR) is 184 cm³/mol. The van der Waals surface area contributed by atoms with Gasteiger partial charge in [-0.05, 0) is 99.0 Å². The van der Waals surface area contributed by atoms with Gasteiger partial charge in [0.1, 0.15) is 11.5 Å². The van der Waals surface area contributed by atoms with Crippen molar-refractivity contribution in [3.63, 3.8) is 0 Å². The van der Waals surface area contributed by atoms with Crippen LogP contribution in [-0.2, 0) is 12.7 Å². The molecule has 2 aliphatic heterocycles. The minimum atomic E-state index is -4.48. The maximum atomic E-state index is 14.2. The molecule has 0 aliphatic carbocycles. The van der Waals surface area contributed by atoms with Crippen molar-refractivity contribution >= 4 is 28.6 Å². The largest absolute Gasteiger partial charge is 0.416 e. The van der Waals surface area contributed by atoms with E-state index in [1.54, 1.807) is 18.3 Å². The van der Waals surface area contributed by atoms with Crippen molar-refractivity contribution in [3.05, 3.63) is 113 Å². The molecule has 1 atom stereocenters. The van der Waals surface area contributed by atoms with Gasteiger partial charge in [0.15, 0.2) is 5.65 Å². The van der Waals surface area contributed by atoms with Crippen LogP contribution in [0, 0.1) is 18.8 Å². The van der Waals surface area contributed by atoms with Crippen molar-refractivity contribution in [2.45, 2.75) is 39.0 Å². The molecular formula is C37H38F3N7. The van der Waals surface area contributed by atoms with Gasteiger partial charge in [0.2, 0.25) is 0 Å². The Morgan fingerprint density at radius 3 is 2.66 bits per heavy atom. The number of imidazole rings is 1. The van der Waals surface area contributed by atoms with Crippen LogP contribution >= 0.6 is 0 Å². The first-order valence-corrected chi connectivity index (χ1v) is 15.6. The summed E-state index contributed by atoms with van der Waals surface area (Å²) in [6.07, 6.45) is 2.14. The molecule has 0 radical (unpaired) electrons. The van der Waals surface area contributed by atoms with Crippen LogP contribution in [0.2, 0.25) is 0 Å². The summed E-state index contributed by atoms with van der Waals surface area (Å²) in [6.45, 7) is 10.6. The molecule has 7 nitrogen and oxygen atoms in total. The number of aromatic nitrogens is 2. The molecule has 1 saturated heterocycles. The first kappa shape index (κ1) is 32.1. The number of fused-ring (bicyclic) bond motifs is 1. The number of nitrogens with one attached hydrogen (secondary N) is 2. The van der Waals surface area contributed by atoms with E-state index in [-0.39, 0.29) is 12.1 Å². The Morgan fingerprint density at radius 2 is 1.94 bits per heavy atom. The van der Waals surface area contributed by atoms with Gasteiger partial charge in [-0.1, -0.05) is 30.7 Å². The molecule has 47 heavy (non-hydrogen) atoms. The maximum absolute atomic E-state index is 14.2. The zero-order chi connectivity index (χ0) is 33.3. The highest BCUT2D eigenvalue weighted by molar-refractivity contribution is 6.07. The number of benzene rings is 2. The summed E-state index contributed by atoms with van der Waals surface area (Å²) in [7, 11) is 4.02. The fourth-order valence-electron chi connectivity index (χ4n) is 5.95. The first-order chi connectivity index (χ1) is 22.4. The van der Waals surface area contributed by atoms with Gasteiger partial charge in [-0.2, -0.15) is 13.2 Å². The molecule has 0 saturated carbocycles. The lowest BCUT2D eigenvalue weighted by Gasteiger charge is -2.22. The van der Waals surface area contributed by atoms with E-state index in [1.165, 1.54) is 11.6 Å². The number of hydrogen-bond acceptors (Lipinski definition) is 6. The Bertz CT molecular complexity index is 1960. The molecule has 4 aromatic rings. The molecule has 10 heteroatoms. The van der Waals surface area contributed by atoms with Gasteiger partial charge in [-0.25, -0.2) is 4.98 Å². The van der Waals surface area contributed by atoms with Gasteiger partial charge < -0.3 is 15.5 Å². The zero-order valence-corrected chi connectivity index (χ0v) is 27.0. The quantitative estimate of drug-likeness (QED) is 0.213. The van der Waals surface area contributed by atoms with Gasteiger partial charge >= 0.3 is 6.18 Å². The van der Waals surface area contributed by atoms with Crippen molar-refractivity contribution in [1.82, 2.24) is 19.2 Å². The van der Waals surface area contributed by atoms with Crippen LogP contribution in [0.5, 0.6) is 0 Å². The summed E-state index contributed by atoms with van der Waals surface area (Å²) < 4.78 is 44.5. The van der Waals surface area contributed by atoms with Crippen molar-refractivity contribution in [2.24, 2.45) is 4.99 Å². The van der Waals surface area contributed by atoms with E-state index in [0.717, 1.165) is 59.1 Å². The highest BCUT2D eigenvalue weighted by Gasteiger charge is 2.35. The minimum absolute atomic E-state index is 0.261. The second-order valence-corrected chi connectivity index (χ2v) is 12.5. The van der Waals surface area contributed by atoms with Crippen molar-refractivity contribution in [1.29, 1.82) is 0 Å². The first-order valence-electron chi connectivity index (χ1n) is 15.6. The van der Waals surface area contributed by atoms with Crippen LogP contribution in [0.25, 0.3) is 11.3 Å². The molecule has 4 heterocycles.